The van der Waals surface area contributed by atoms with E-state index in [-0.39, 0.29) is 44.6 Å². The zero-order valence-corrected chi connectivity index (χ0v) is 22.0. The highest BCUT2D eigenvalue weighted by Crippen LogP contribution is 2.26. The van der Waals surface area contributed by atoms with Crippen LogP contribution in [-0.2, 0) is 42.9 Å². The van der Waals surface area contributed by atoms with Gasteiger partial charge in [0.05, 0.1) is 51.8 Å². The van der Waals surface area contributed by atoms with Crippen molar-refractivity contribution in [1.82, 2.24) is 20.9 Å². The van der Waals surface area contributed by atoms with E-state index in [1.165, 1.54) is 0 Å². The van der Waals surface area contributed by atoms with E-state index in [1.54, 1.807) is 6.92 Å². The number of carbonyl (C=O) groups excluding carboxylic acids is 5. The maximum Gasteiger partial charge on any atom is 0.263 e. The predicted molar refractivity (Wildman–Crippen MR) is 134 cm³/mol. The van der Waals surface area contributed by atoms with Crippen LogP contribution in [0.15, 0.2) is 22.9 Å². The molecule has 38 heavy (non-hydrogen) atoms. The standard InChI is InChI=1S/C25H38N4O9/c1-18-4-3-5-19(23(18)25(34)29(17-30)20-6-7-21(31)28-24(20)33)27-22(32)16-38-15-14-37-13-12-36-11-10-35-9-8-26-2/h4,17,20,26H,3,5-16H2,1-2H3,(H,27,32)(H,28,31,33). The first-order valence-electron chi connectivity index (χ1n) is 12.7. The van der Waals surface area contributed by atoms with E-state index >= 15 is 0 Å². The number of ether oxygens (including phenoxy) is 4. The summed E-state index contributed by atoms with van der Waals surface area (Å²) in [5.41, 5.74) is 1.08. The molecule has 13 heteroatoms. The van der Waals surface area contributed by atoms with Crippen LogP contribution >= 0.6 is 0 Å². The molecule has 0 spiro atoms. The average molecular weight is 539 g/mol. The molecule has 3 N–H and O–H groups in total. The third-order valence-corrected chi connectivity index (χ3v) is 5.78. The Bertz CT molecular complexity index is 903. The van der Waals surface area contributed by atoms with E-state index in [4.69, 9.17) is 18.9 Å². The molecule has 2 rings (SSSR count). The molecule has 0 aromatic carbocycles. The second kappa shape index (κ2) is 17.5. The van der Waals surface area contributed by atoms with Crippen LogP contribution in [0.25, 0.3) is 0 Å². The van der Waals surface area contributed by atoms with Gasteiger partial charge in [-0.15, -0.1) is 0 Å². The summed E-state index contributed by atoms with van der Waals surface area (Å²) in [5.74, 6) is -2.33. The van der Waals surface area contributed by atoms with Crippen LogP contribution in [0.4, 0.5) is 0 Å². The van der Waals surface area contributed by atoms with Crippen LogP contribution in [0.2, 0.25) is 0 Å². The number of piperidine rings is 1. The molecule has 0 aromatic heterocycles. The van der Waals surface area contributed by atoms with Crippen molar-refractivity contribution in [2.75, 3.05) is 66.4 Å². The van der Waals surface area contributed by atoms with Crippen molar-refractivity contribution in [1.29, 1.82) is 0 Å². The minimum Gasteiger partial charge on any atom is -0.378 e. The fraction of sp³-hybridized carbons (Fsp3) is 0.640. The lowest BCUT2D eigenvalue weighted by atomic mass is 9.93. The molecule has 0 radical (unpaired) electrons. The Balaban J connectivity index is 1.76. The van der Waals surface area contributed by atoms with Crippen LogP contribution in [-0.4, -0.2) is 107 Å². The van der Waals surface area contributed by atoms with Gasteiger partial charge in [-0.25, -0.2) is 0 Å². The van der Waals surface area contributed by atoms with Crippen molar-refractivity contribution in [2.24, 2.45) is 0 Å². The summed E-state index contributed by atoms with van der Waals surface area (Å²) in [4.78, 5) is 61.9. The first-order valence-corrected chi connectivity index (χ1v) is 12.7. The molecule has 1 aliphatic carbocycles. The van der Waals surface area contributed by atoms with Gasteiger partial charge in [-0.1, -0.05) is 6.08 Å². The summed E-state index contributed by atoms with van der Waals surface area (Å²) in [6.07, 6.45) is 3.13. The Labute approximate surface area is 222 Å². The second-order valence-electron chi connectivity index (χ2n) is 8.61. The zero-order valence-electron chi connectivity index (χ0n) is 22.0. The second-order valence-corrected chi connectivity index (χ2v) is 8.61. The summed E-state index contributed by atoms with van der Waals surface area (Å²) in [6, 6.07) is -1.10. The lowest BCUT2D eigenvalue weighted by molar-refractivity contribution is -0.148. The van der Waals surface area contributed by atoms with E-state index in [0.29, 0.717) is 57.1 Å². The molecule has 0 aromatic rings. The summed E-state index contributed by atoms with van der Waals surface area (Å²) in [5, 5.41) is 7.83. The van der Waals surface area contributed by atoms with Crippen molar-refractivity contribution in [3.63, 3.8) is 0 Å². The van der Waals surface area contributed by atoms with Gasteiger partial charge in [0.25, 0.3) is 5.91 Å². The molecule has 1 atom stereocenters. The smallest absolute Gasteiger partial charge is 0.263 e. The van der Waals surface area contributed by atoms with Crippen LogP contribution in [0.1, 0.15) is 32.6 Å². The Kier molecular flexibility index (Phi) is 14.4. The zero-order chi connectivity index (χ0) is 27.8. The predicted octanol–water partition coefficient (Wildman–Crippen LogP) is -0.827. The topological polar surface area (TPSA) is 162 Å². The molecule has 0 bridgehead atoms. The summed E-state index contributed by atoms with van der Waals surface area (Å²) >= 11 is 0. The van der Waals surface area contributed by atoms with Gasteiger partial charge in [-0.2, -0.15) is 0 Å². The quantitative estimate of drug-likeness (QED) is 0.114. The first-order chi connectivity index (χ1) is 18.4. The maximum absolute atomic E-state index is 13.3. The lowest BCUT2D eigenvalue weighted by Crippen LogP contribution is -2.54. The van der Waals surface area contributed by atoms with Crippen molar-refractivity contribution < 1.29 is 42.9 Å². The summed E-state index contributed by atoms with van der Waals surface area (Å²) in [6.45, 7) is 5.15. The first kappa shape index (κ1) is 31.2. The number of imide groups is 2. The number of nitrogens with zero attached hydrogens (tertiary/aromatic N) is 1. The molecular formula is C25H38N4O9. The Morgan fingerprint density at radius 1 is 1.03 bits per heavy atom. The molecule has 5 amide bonds. The number of rotatable bonds is 18. The molecule has 13 nitrogen and oxygen atoms in total. The minimum atomic E-state index is -1.10. The molecule has 1 unspecified atom stereocenters. The van der Waals surface area contributed by atoms with Gasteiger partial charge >= 0.3 is 0 Å². The van der Waals surface area contributed by atoms with Crippen molar-refractivity contribution >= 4 is 30.0 Å². The van der Waals surface area contributed by atoms with Crippen LogP contribution in [0.3, 0.4) is 0 Å². The average Bonchev–Trinajstić information content (AvgIpc) is 2.88. The van der Waals surface area contributed by atoms with Gasteiger partial charge in [0.2, 0.25) is 24.1 Å². The van der Waals surface area contributed by atoms with Gasteiger partial charge in [-0.3, -0.25) is 34.2 Å². The van der Waals surface area contributed by atoms with Gasteiger partial charge in [-0.05, 0) is 38.8 Å². The minimum absolute atomic E-state index is 0.0196. The fourth-order valence-corrected chi connectivity index (χ4v) is 3.86. The normalized spacial score (nSPS) is 17.6. The van der Waals surface area contributed by atoms with Gasteiger partial charge < -0.3 is 29.6 Å². The Morgan fingerprint density at radius 2 is 1.66 bits per heavy atom. The maximum atomic E-state index is 13.3. The van der Waals surface area contributed by atoms with E-state index in [2.05, 4.69) is 16.0 Å². The van der Waals surface area contributed by atoms with Crippen molar-refractivity contribution in [3.05, 3.63) is 22.9 Å². The van der Waals surface area contributed by atoms with E-state index < -0.39 is 29.7 Å². The highest BCUT2D eigenvalue weighted by Gasteiger charge is 2.37. The number of nitrogens with one attached hydrogen (secondary N) is 3. The molecule has 212 valence electrons. The SMILES string of the molecule is CNCCOCCOCCOCCOCC(=O)NC1=C(C(=O)N(C=O)C2CCC(=O)NC2=O)C(C)=CCC1. The molecule has 1 heterocycles. The number of amides is 5. The monoisotopic (exact) mass is 538 g/mol. The molecule has 1 saturated heterocycles. The Hall–Kier alpha value is -2.97. The van der Waals surface area contributed by atoms with Crippen LogP contribution in [0, 0.1) is 0 Å². The molecule has 2 aliphatic rings. The third kappa shape index (κ3) is 10.4. The number of likely N-dealkylation sites (N-methyl/N-ethyl adjacent to an activating group) is 1. The highest BCUT2D eigenvalue weighted by atomic mass is 16.6. The van der Waals surface area contributed by atoms with Crippen molar-refractivity contribution in [3.8, 4) is 0 Å². The number of allylic oxidation sites excluding steroid dienone is 2. The lowest BCUT2D eigenvalue weighted by Gasteiger charge is -2.30. The van der Waals surface area contributed by atoms with E-state index in [1.807, 2.05) is 13.1 Å². The van der Waals surface area contributed by atoms with Crippen LogP contribution in [0.5, 0.6) is 0 Å². The summed E-state index contributed by atoms with van der Waals surface area (Å²) in [7, 11) is 1.86. The number of hydrogen-bond donors (Lipinski definition) is 3. The largest absolute Gasteiger partial charge is 0.378 e. The van der Waals surface area contributed by atoms with Gasteiger partial charge in [0.15, 0.2) is 0 Å². The molecular weight excluding hydrogens is 500 g/mol. The van der Waals surface area contributed by atoms with E-state index in [9.17, 15) is 24.0 Å². The molecule has 0 saturated carbocycles. The van der Waals surface area contributed by atoms with E-state index in [0.717, 1.165) is 11.4 Å². The van der Waals surface area contributed by atoms with Crippen LogP contribution < -0.4 is 16.0 Å². The Morgan fingerprint density at radius 3 is 2.26 bits per heavy atom. The third-order valence-electron chi connectivity index (χ3n) is 5.78. The van der Waals surface area contributed by atoms with Gasteiger partial charge in [0.1, 0.15) is 12.6 Å². The highest BCUT2D eigenvalue weighted by molar-refractivity contribution is 6.09. The fourth-order valence-electron chi connectivity index (χ4n) is 3.86. The number of carbonyl (C=O) groups is 5. The molecule has 1 aliphatic heterocycles. The molecule has 1 fully saturated rings. The van der Waals surface area contributed by atoms with Crippen molar-refractivity contribution in [2.45, 2.75) is 38.6 Å². The van der Waals surface area contributed by atoms with Gasteiger partial charge in [0, 0.05) is 18.7 Å². The number of hydrogen-bond acceptors (Lipinski definition) is 10. The summed E-state index contributed by atoms with van der Waals surface area (Å²) < 4.78 is 21.5.